The van der Waals surface area contributed by atoms with Crippen LogP contribution in [0.4, 0.5) is 0 Å². The Morgan fingerprint density at radius 3 is 2.55 bits per heavy atom. The van der Waals surface area contributed by atoms with Gasteiger partial charge in [0.25, 0.3) is 5.91 Å². The van der Waals surface area contributed by atoms with E-state index in [1.165, 1.54) is 23.5 Å². The fourth-order valence-electron chi connectivity index (χ4n) is 3.73. The van der Waals surface area contributed by atoms with E-state index in [0.29, 0.717) is 44.6 Å². The molecule has 29 heavy (non-hydrogen) atoms. The number of benzene rings is 1. The van der Waals surface area contributed by atoms with Gasteiger partial charge in [-0.3, -0.25) is 9.59 Å². The van der Waals surface area contributed by atoms with E-state index in [2.05, 4.69) is 0 Å². The molecule has 0 aromatic heterocycles. The monoisotopic (exact) mass is 425 g/mol. The predicted octanol–water partition coefficient (Wildman–Crippen LogP) is 1.84. The molecule has 1 unspecified atom stereocenters. The number of hydrogen-bond donors (Lipinski definition) is 1. The van der Waals surface area contributed by atoms with Gasteiger partial charge in [0.15, 0.2) is 0 Å². The van der Waals surface area contributed by atoms with Gasteiger partial charge in [-0.1, -0.05) is 13.8 Å². The van der Waals surface area contributed by atoms with Crippen LogP contribution < -0.4 is 10.5 Å². The first-order valence-electron chi connectivity index (χ1n) is 10.00. The lowest BCUT2D eigenvalue weighted by molar-refractivity contribution is -0.118. The van der Waals surface area contributed by atoms with Gasteiger partial charge in [-0.2, -0.15) is 4.31 Å². The first-order valence-corrected chi connectivity index (χ1v) is 11.4. The Morgan fingerprint density at radius 1 is 1.28 bits per heavy atom. The summed E-state index contributed by atoms with van der Waals surface area (Å²) in [5.41, 5.74) is 5.55. The molecule has 1 aliphatic heterocycles. The Kier molecular flexibility index (Phi) is 8.04. The lowest BCUT2D eigenvalue weighted by Gasteiger charge is -2.33. The Morgan fingerprint density at radius 2 is 1.97 bits per heavy atom. The summed E-state index contributed by atoms with van der Waals surface area (Å²) < 4.78 is 32.6. The normalized spacial score (nSPS) is 17.4. The Balaban J connectivity index is 2.28. The van der Waals surface area contributed by atoms with Crippen LogP contribution in [0.25, 0.3) is 0 Å². The molecule has 1 heterocycles. The second kappa shape index (κ2) is 10.1. The van der Waals surface area contributed by atoms with Gasteiger partial charge in [-0.15, -0.1) is 0 Å². The molecule has 0 saturated carbocycles. The van der Waals surface area contributed by atoms with Crippen molar-refractivity contribution in [3.63, 3.8) is 0 Å². The number of likely N-dealkylation sites (tertiary alicyclic amines) is 1. The van der Waals surface area contributed by atoms with Crippen molar-refractivity contribution in [3.8, 4) is 5.75 Å². The molecule has 1 fully saturated rings. The molecule has 0 spiro atoms. The molecule has 1 saturated heterocycles. The first-order chi connectivity index (χ1) is 13.7. The van der Waals surface area contributed by atoms with E-state index in [0.717, 1.165) is 12.8 Å². The predicted molar refractivity (Wildman–Crippen MR) is 110 cm³/mol. The highest BCUT2D eigenvalue weighted by Crippen LogP contribution is 2.29. The van der Waals surface area contributed by atoms with Crippen molar-refractivity contribution in [2.24, 2.45) is 11.7 Å². The molecule has 2 amide bonds. The molecule has 9 heteroatoms. The molecule has 1 atom stereocenters. The average molecular weight is 426 g/mol. The zero-order valence-electron chi connectivity index (χ0n) is 17.4. The van der Waals surface area contributed by atoms with Gasteiger partial charge in [0.1, 0.15) is 10.6 Å². The van der Waals surface area contributed by atoms with E-state index in [1.54, 1.807) is 24.8 Å². The largest absolute Gasteiger partial charge is 0.495 e. The van der Waals surface area contributed by atoms with Gasteiger partial charge in [-0.05, 0) is 43.4 Å². The van der Waals surface area contributed by atoms with E-state index in [4.69, 9.17) is 10.5 Å². The number of carbonyl (C=O) groups is 2. The molecule has 1 aromatic rings. The maximum absolute atomic E-state index is 13.1. The Labute approximate surface area is 173 Å². The van der Waals surface area contributed by atoms with Gasteiger partial charge in [0.05, 0.1) is 7.11 Å². The Hall–Kier alpha value is -2.13. The maximum atomic E-state index is 13.1. The zero-order valence-corrected chi connectivity index (χ0v) is 18.2. The number of rotatable bonds is 9. The molecule has 2 N–H and O–H groups in total. The standard InChI is InChI=1S/C20H31N3O5S/c1-4-23(5-2)29(26,27)18-13-16(9-10-17(18)28-3)20(25)22-12-6-7-15(14-22)8-11-19(21)24/h9-10,13,15H,4-8,11-12,14H2,1-3H3,(H2,21,24). The van der Waals surface area contributed by atoms with Crippen molar-refractivity contribution < 1.29 is 22.7 Å². The number of nitrogens with zero attached hydrogens (tertiary/aromatic N) is 2. The number of amides is 2. The highest BCUT2D eigenvalue weighted by atomic mass is 32.2. The molecule has 0 radical (unpaired) electrons. The summed E-state index contributed by atoms with van der Waals surface area (Å²) in [6.07, 6.45) is 2.75. The van der Waals surface area contributed by atoms with Crippen LogP contribution in [0.15, 0.2) is 23.1 Å². The summed E-state index contributed by atoms with van der Waals surface area (Å²) >= 11 is 0. The van der Waals surface area contributed by atoms with E-state index >= 15 is 0 Å². The van der Waals surface area contributed by atoms with Crippen molar-refractivity contribution >= 4 is 21.8 Å². The molecule has 2 rings (SSSR count). The van der Waals surface area contributed by atoms with Gasteiger partial charge >= 0.3 is 0 Å². The number of methoxy groups -OCH3 is 1. The molecule has 0 aliphatic carbocycles. The van der Waals surface area contributed by atoms with Gasteiger partial charge in [-0.25, -0.2) is 8.42 Å². The minimum atomic E-state index is -3.77. The van der Waals surface area contributed by atoms with Crippen LogP contribution in [0.5, 0.6) is 5.75 Å². The number of carbonyl (C=O) groups excluding carboxylic acids is 2. The third-order valence-corrected chi connectivity index (χ3v) is 7.41. The Bertz CT molecular complexity index is 837. The van der Waals surface area contributed by atoms with Crippen molar-refractivity contribution in [1.82, 2.24) is 9.21 Å². The molecule has 8 nitrogen and oxygen atoms in total. The van der Waals surface area contributed by atoms with Crippen LogP contribution in [0.1, 0.15) is 49.9 Å². The number of nitrogens with two attached hydrogens (primary N) is 1. The summed E-state index contributed by atoms with van der Waals surface area (Å²) in [6, 6.07) is 4.52. The summed E-state index contributed by atoms with van der Waals surface area (Å²) in [5, 5.41) is 0. The molecule has 162 valence electrons. The highest BCUT2D eigenvalue weighted by molar-refractivity contribution is 7.89. The minimum Gasteiger partial charge on any atom is -0.495 e. The molecule has 1 aromatic carbocycles. The first kappa shape index (κ1) is 23.2. The van der Waals surface area contributed by atoms with E-state index in [-0.39, 0.29) is 28.4 Å². The van der Waals surface area contributed by atoms with E-state index in [1.807, 2.05) is 0 Å². The van der Waals surface area contributed by atoms with Crippen LogP contribution in [-0.4, -0.2) is 62.7 Å². The number of hydrogen-bond acceptors (Lipinski definition) is 5. The zero-order chi connectivity index (χ0) is 21.6. The SMILES string of the molecule is CCN(CC)S(=O)(=O)c1cc(C(=O)N2CCCC(CCC(N)=O)C2)ccc1OC. The average Bonchev–Trinajstić information content (AvgIpc) is 2.72. The fourth-order valence-corrected chi connectivity index (χ4v) is 5.37. The molecule has 0 bridgehead atoms. The summed E-state index contributed by atoms with van der Waals surface area (Å²) in [7, 11) is -2.36. The summed E-state index contributed by atoms with van der Waals surface area (Å²) in [6.45, 7) is 5.33. The summed E-state index contributed by atoms with van der Waals surface area (Å²) in [4.78, 5) is 25.8. The van der Waals surface area contributed by atoms with Crippen molar-refractivity contribution in [2.75, 3.05) is 33.3 Å². The second-order valence-electron chi connectivity index (χ2n) is 7.22. The second-order valence-corrected chi connectivity index (χ2v) is 9.13. The van der Waals surface area contributed by atoms with Crippen LogP contribution in [0.3, 0.4) is 0 Å². The quantitative estimate of drug-likeness (QED) is 0.649. The smallest absolute Gasteiger partial charge is 0.253 e. The van der Waals surface area contributed by atoms with Crippen molar-refractivity contribution in [2.45, 2.75) is 44.4 Å². The number of ether oxygens (including phenoxy) is 1. The molecular formula is C20H31N3O5S. The number of sulfonamides is 1. The van der Waals surface area contributed by atoms with Crippen LogP contribution in [0, 0.1) is 5.92 Å². The number of primary amides is 1. The lowest BCUT2D eigenvalue weighted by atomic mass is 9.93. The lowest BCUT2D eigenvalue weighted by Crippen LogP contribution is -2.40. The third-order valence-electron chi connectivity index (χ3n) is 5.34. The van der Waals surface area contributed by atoms with Crippen LogP contribution in [0.2, 0.25) is 0 Å². The molecule has 1 aliphatic rings. The van der Waals surface area contributed by atoms with Crippen LogP contribution >= 0.6 is 0 Å². The molecular weight excluding hydrogens is 394 g/mol. The topological polar surface area (TPSA) is 110 Å². The van der Waals surface area contributed by atoms with E-state index in [9.17, 15) is 18.0 Å². The van der Waals surface area contributed by atoms with E-state index < -0.39 is 10.0 Å². The van der Waals surface area contributed by atoms with Gasteiger partial charge in [0.2, 0.25) is 15.9 Å². The summed E-state index contributed by atoms with van der Waals surface area (Å²) in [5.74, 6) is -0.119. The highest BCUT2D eigenvalue weighted by Gasteiger charge is 2.29. The van der Waals surface area contributed by atoms with Crippen LogP contribution in [-0.2, 0) is 14.8 Å². The van der Waals surface area contributed by atoms with Crippen molar-refractivity contribution in [3.05, 3.63) is 23.8 Å². The maximum Gasteiger partial charge on any atom is 0.253 e. The fraction of sp³-hybridized carbons (Fsp3) is 0.600. The minimum absolute atomic E-state index is 0.00293. The van der Waals surface area contributed by atoms with Gasteiger partial charge in [0, 0.05) is 38.2 Å². The third kappa shape index (κ3) is 5.48. The van der Waals surface area contributed by atoms with Crippen molar-refractivity contribution in [1.29, 1.82) is 0 Å². The van der Waals surface area contributed by atoms with Gasteiger partial charge < -0.3 is 15.4 Å². The number of piperidine rings is 1.